The lowest BCUT2D eigenvalue weighted by Crippen LogP contribution is -2.45. The van der Waals surface area contributed by atoms with Gasteiger partial charge in [-0.05, 0) is 63.2 Å². The van der Waals surface area contributed by atoms with Gasteiger partial charge in [-0.25, -0.2) is 0 Å². The summed E-state index contributed by atoms with van der Waals surface area (Å²) in [7, 11) is 0. The maximum atomic E-state index is 12.3. The minimum absolute atomic E-state index is 0.144. The molecule has 0 spiro atoms. The Morgan fingerprint density at radius 1 is 1.29 bits per heavy atom. The first-order valence-electron chi connectivity index (χ1n) is 6.91. The van der Waals surface area contributed by atoms with Crippen LogP contribution in [-0.4, -0.2) is 17.3 Å². The SMILES string of the molecule is CC(C)(CCCl)NC(=O)C1C2C3CCC(C3)C12. The fraction of sp³-hybridized carbons (Fsp3) is 0.929. The topological polar surface area (TPSA) is 29.1 Å². The molecular formula is C14H22ClNO. The van der Waals surface area contributed by atoms with Crippen molar-refractivity contribution >= 4 is 17.5 Å². The van der Waals surface area contributed by atoms with Crippen LogP contribution >= 0.6 is 11.6 Å². The first kappa shape index (κ1) is 11.8. The Labute approximate surface area is 108 Å². The van der Waals surface area contributed by atoms with Gasteiger partial charge in [0.2, 0.25) is 5.91 Å². The van der Waals surface area contributed by atoms with Gasteiger partial charge in [0, 0.05) is 17.3 Å². The summed E-state index contributed by atoms with van der Waals surface area (Å²) in [4.78, 5) is 12.3. The molecule has 0 heterocycles. The van der Waals surface area contributed by atoms with E-state index < -0.39 is 0 Å². The van der Waals surface area contributed by atoms with Crippen molar-refractivity contribution in [2.45, 2.75) is 45.1 Å². The molecule has 0 radical (unpaired) electrons. The zero-order valence-electron chi connectivity index (χ0n) is 10.7. The molecule has 4 unspecified atom stereocenters. The highest BCUT2D eigenvalue weighted by Gasteiger charge is 2.67. The summed E-state index contributed by atoms with van der Waals surface area (Å²) in [5, 5.41) is 3.19. The number of rotatable bonds is 4. The van der Waals surface area contributed by atoms with Crippen molar-refractivity contribution in [1.29, 1.82) is 0 Å². The summed E-state index contributed by atoms with van der Waals surface area (Å²) < 4.78 is 0. The highest BCUT2D eigenvalue weighted by atomic mass is 35.5. The highest BCUT2D eigenvalue weighted by Crippen LogP contribution is 2.69. The first-order chi connectivity index (χ1) is 8.03. The van der Waals surface area contributed by atoms with E-state index in [1.165, 1.54) is 19.3 Å². The van der Waals surface area contributed by atoms with Crippen molar-refractivity contribution < 1.29 is 4.79 Å². The lowest BCUT2D eigenvalue weighted by Gasteiger charge is -2.26. The lowest BCUT2D eigenvalue weighted by molar-refractivity contribution is -0.124. The summed E-state index contributed by atoms with van der Waals surface area (Å²) in [6.45, 7) is 4.14. The molecule has 2 bridgehead atoms. The zero-order valence-corrected chi connectivity index (χ0v) is 11.5. The van der Waals surface area contributed by atoms with Crippen LogP contribution in [0.2, 0.25) is 0 Å². The van der Waals surface area contributed by atoms with E-state index in [9.17, 15) is 4.79 Å². The van der Waals surface area contributed by atoms with Gasteiger partial charge in [0.15, 0.2) is 0 Å². The Bertz CT molecular complexity index is 325. The summed E-state index contributed by atoms with van der Waals surface area (Å²) >= 11 is 5.77. The van der Waals surface area contributed by atoms with E-state index in [1.807, 2.05) is 0 Å². The average molecular weight is 256 g/mol. The van der Waals surface area contributed by atoms with Gasteiger partial charge in [0.05, 0.1) is 0 Å². The number of hydrogen-bond donors (Lipinski definition) is 1. The number of hydrogen-bond acceptors (Lipinski definition) is 1. The zero-order chi connectivity index (χ0) is 12.2. The van der Waals surface area contributed by atoms with Gasteiger partial charge in [0.25, 0.3) is 0 Å². The standard InChI is InChI=1S/C14H22ClNO/c1-14(2,5-6-15)16-13(17)12-10-8-3-4-9(7-8)11(10)12/h8-12H,3-7H2,1-2H3,(H,16,17). The maximum Gasteiger partial charge on any atom is 0.224 e. The molecule has 3 heteroatoms. The largest absolute Gasteiger partial charge is 0.351 e. The first-order valence-corrected chi connectivity index (χ1v) is 7.45. The minimum atomic E-state index is -0.144. The molecule has 1 amide bonds. The van der Waals surface area contributed by atoms with E-state index in [0.29, 0.717) is 17.7 Å². The number of alkyl halides is 1. The summed E-state index contributed by atoms with van der Waals surface area (Å²) in [6, 6.07) is 0. The minimum Gasteiger partial charge on any atom is -0.351 e. The third-order valence-electron chi connectivity index (χ3n) is 5.22. The molecule has 17 heavy (non-hydrogen) atoms. The molecule has 0 aromatic rings. The molecule has 0 aromatic heterocycles. The Balaban J connectivity index is 1.59. The van der Waals surface area contributed by atoms with E-state index in [0.717, 1.165) is 30.1 Å². The van der Waals surface area contributed by atoms with Crippen LogP contribution in [0.4, 0.5) is 0 Å². The molecule has 3 saturated carbocycles. The van der Waals surface area contributed by atoms with E-state index >= 15 is 0 Å². The van der Waals surface area contributed by atoms with E-state index in [2.05, 4.69) is 19.2 Å². The predicted octanol–water partition coefficient (Wildman–Crippen LogP) is 2.80. The third kappa shape index (κ3) is 1.89. The Hall–Kier alpha value is -0.240. The molecule has 3 rings (SSSR count). The van der Waals surface area contributed by atoms with Gasteiger partial charge in [0.1, 0.15) is 0 Å². The second-order valence-electron chi connectivity index (χ2n) is 6.83. The number of carbonyl (C=O) groups excluding carboxylic acids is 1. The molecule has 1 N–H and O–H groups in total. The summed E-state index contributed by atoms with van der Waals surface area (Å²) in [5.41, 5.74) is -0.144. The van der Waals surface area contributed by atoms with Crippen LogP contribution in [0.3, 0.4) is 0 Å². The van der Waals surface area contributed by atoms with Crippen LogP contribution in [0.5, 0.6) is 0 Å². The van der Waals surface area contributed by atoms with Crippen LogP contribution in [0.15, 0.2) is 0 Å². The molecule has 3 aliphatic rings. The van der Waals surface area contributed by atoms with Crippen molar-refractivity contribution in [3.63, 3.8) is 0 Å². The van der Waals surface area contributed by atoms with Crippen molar-refractivity contribution in [1.82, 2.24) is 5.32 Å². The molecule has 4 atom stereocenters. The number of nitrogens with one attached hydrogen (secondary N) is 1. The van der Waals surface area contributed by atoms with Gasteiger partial charge >= 0.3 is 0 Å². The van der Waals surface area contributed by atoms with Gasteiger partial charge in [-0.2, -0.15) is 0 Å². The van der Waals surface area contributed by atoms with Crippen LogP contribution in [0.25, 0.3) is 0 Å². The molecule has 3 fully saturated rings. The van der Waals surface area contributed by atoms with Crippen molar-refractivity contribution in [2.24, 2.45) is 29.6 Å². The van der Waals surface area contributed by atoms with Crippen LogP contribution in [0, 0.1) is 29.6 Å². The lowest BCUT2D eigenvalue weighted by atomic mass is 9.98. The Kier molecular flexibility index (Phi) is 2.70. The van der Waals surface area contributed by atoms with Gasteiger partial charge in [-0.1, -0.05) is 0 Å². The monoisotopic (exact) mass is 255 g/mol. The van der Waals surface area contributed by atoms with Gasteiger partial charge in [-0.3, -0.25) is 4.79 Å². The normalized spacial score (nSPS) is 42.4. The molecule has 0 aromatic carbocycles. The Morgan fingerprint density at radius 3 is 2.41 bits per heavy atom. The number of carbonyl (C=O) groups is 1. The average Bonchev–Trinajstić information content (AvgIpc) is 2.68. The van der Waals surface area contributed by atoms with E-state index in [1.54, 1.807) is 0 Å². The number of fused-ring (bicyclic) bond motifs is 5. The molecule has 0 saturated heterocycles. The summed E-state index contributed by atoms with van der Waals surface area (Å²) in [6.07, 6.45) is 5.00. The molecule has 96 valence electrons. The van der Waals surface area contributed by atoms with Crippen molar-refractivity contribution in [2.75, 3.05) is 5.88 Å². The molecule has 2 nitrogen and oxygen atoms in total. The predicted molar refractivity (Wildman–Crippen MR) is 68.9 cm³/mol. The van der Waals surface area contributed by atoms with Crippen molar-refractivity contribution in [3.8, 4) is 0 Å². The van der Waals surface area contributed by atoms with Crippen LogP contribution in [0.1, 0.15) is 39.5 Å². The summed E-state index contributed by atoms with van der Waals surface area (Å²) in [5.74, 6) is 4.47. The molecule has 3 aliphatic carbocycles. The fourth-order valence-electron chi connectivity index (χ4n) is 4.39. The van der Waals surface area contributed by atoms with E-state index in [4.69, 9.17) is 11.6 Å². The fourth-order valence-corrected chi connectivity index (χ4v) is 4.86. The smallest absolute Gasteiger partial charge is 0.224 e. The number of halogens is 1. The second-order valence-corrected chi connectivity index (χ2v) is 7.20. The van der Waals surface area contributed by atoms with Gasteiger partial charge < -0.3 is 5.32 Å². The molecular weight excluding hydrogens is 234 g/mol. The third-order valence-corrected chi connectivity index (χ3v) is 5.41. The maximum absolute atomic E-state index is 12.3. The molecule has 0 aliphatic heterocycles. The number of amides is 1. The Morgan fingerprint density at radius 2 is 1.88 bits per heavy atom. The highest BCUT2D eigenvalue weighted by molar-refractivity contribution is 6.17. The second kappa shape index (κ2) is 3.88. The van der Waals surface area contributed by atoms with Gasteiger partial charge in [-0.15, -0.1) is 11.6 Å². The quantitative estimate of drug-likeness (QED) is 0.769. The van der Waals surface area contributed by atoms with Crippen molar-refractivity contribution in [3.05, 3.63) is 0 Å². The van der Waals surface area contributed by atoms with Crippen LogP contribution < -0.4 is 5.32 Å². The van der Waals surface area contributed by atoms with E-state index in [-0.39, 0.29) is 5.54 Å². The van der Waals surface area contributed by atoms with Crippen LogP contribution in [-0.2, 0) is 4.79 Å².